The minimum atomic E-state index is 0.261. The summed E-state index contributed by atoms with van der Waals surface area (Å²) in [5, 5.41) is 0. The molecule has 1 atom stereocenters. The van der Waals surface area contributed by atoms with Crippen LogP contribution in [0, 0.1) is 0 Å². The number of aliphatic imine (C=N–C) groups is 1. The van der Waals surface area contributed by atoms with Crippen molar-refractivity contribution in [2.45, 2.75) is 19.0 Å². The van der Waals surface area contributed by atoms with Crippen LogP contribution in [0.5, 0.6) is 0 Å². The lowest BCUT2D eigenvalue weighted by atomic mass is 10.1. The highest BCUT2D eigenvalue weighted by atomic mass is 15.3. The molecule has 0 bridgehead atoms. The Morgan fingerprint density at radius 2 is 2.36 bits per heavy atom. The molecule has 14 heavy (non-hydrogen) atoms. The number of nitrogens with zero attached hydrogens (tertiary/aromatic N) is 2. The van der Waals surface area contributed by atoms with E-state index in [1.54, 1.807) is 0 Å². The Bertz CT molecular complexity index is 410. The van der Waals surface area contributed by atoms with Gasteiger partial charge in [-0.1, -0.05) is 18.7 Å². The number of allylic oxidation sites excluding steroid dienone is 4. The zero-order valence-corrected chi connectivity index (χ0v) is 7.98. The summed E-state index contributed by atoms with van der Waals surface area (Å²) in [5.74, 6) is 0. The SMILES string of the molecule is C=C1C=CN2C3=CCC=CC3=NC2C1. The van der Waals surface area contributed by atoms with Crippen LogP contribution < -0.4 is 0 Å². The van der Waals surface area contributed by atoms with Crippen LogP contribution in [0.3, 0.4) is 0 Å². The van der Waals surface area contributed by atoms with E-state index < -0.39 is 0 Å². The van der Waals surface area contributed by atoms with Gasteiger partial charge in [-0.05, 0) is 24.1 Å². The van der Waals surface area contributed by atoms with Crippen molar-refractivity contribution in [1.82, 2.24) is 4.90 Å². The first-order valence-corrected chi connectivity index (χ1v) is 4.94. The third kappa shape index (κ3) is 1.00. The van der Waals surface area contributed by atoms with E-state index in [0.717, 1.165) is 18.6 Å². The second-order valence-electron chi connectivity index (χ2n) is 3.81. The third-order valence-corrected chi connectivity index (χ3v) is 2.79. The van der Waals surface area contributed by atoms with Gasteiger partial charge >= 0.3 is 0 Å². The Hall–Kier alpha value is -1.57. The van der Waals surface area contributed by atoms with Crippen molar-refractivity contribution in [2.75, 3.05) is 0 Å². The van der Waals surface area contributed by atoms with Gasteiger partial charge in [0.15, 0.2) is 0 Å². The van der Waals surface area contributed by atoms with Crippen molar-refractivity contribution in [2.24, 2.45) is 4.99 Å². The van der Waals surface area contributed by atoms with Crippen molar-refractivity contribution in [1.29, 1.82) is 0 Å². The Morgan fingerprint density at radius 1 is 1.43 bits per heavy atom. The van der Waals surface area contributed by atoms with Crippen LogP contribution >= 0.6 is 0 Å². The Balaban J connectivity index is 2.03. The van der Waals surface area contributed by atoms with Gasteiger partial charge in [-0.3, -0.25) is 4.99 Å². The lowest BCUT2D eigenvalue weighted by molar-refractivity contribution is 0.371. The largest absolute Gasteiger partial charge is 0.323 e. The summed E-state index contributed by atoms with van der Waals surface area (Å²) >= 11 is 0. The molecule has 1 unspecified atom stereocenters. The zero-order valence-electron chi connectivity index (χ0n) is 7.98. The molecule has 0 amide bonds. The lowest BCUT2D eigenvalue weighted by Gasteiger charge is -2.27. The maximum atomic E-state index is 4.66. The fourth-order valence-electron chi connectivity index (χ4n) is 2.09. The first-order chi connectivity index (χ1) is 6.84. The second kappa shape index (κ2) is 2.71. The normalized spacial score (nSPS) is 28.4. The van der Waals surface area contributed by atoms with Gasteiger partial charge in [-0.25, -0.2) is 0 Å². The lowest BCUT2D eigenvalue weighted by Crippen LogP contribution is -2.27. The Labute approximate surface area is 83.6 Å². The third-order valence-electron chi connectivity index (χ3n) is 2.79. The van der Waals surface area contributed by atoms with Crippen LogP contribution in [0.15, 0.2) is 53.3 Å². The van der Waals surface area contributed by atoms with Crippen molar-refractivity contribution >= 4 is 5.71 Å². The summed E-state index contributed by atoms with van der Waals surface area (Å²) in [6, 6.07) is 0. The van der Waals surface area contributed by atoms with Crippen LogP contribution in [0.2, 0.25) is 0 Å². The van der Waals surface area contributed by atoms with Gasteiger partial charge in [-0.15, -0.1) is 0 Å². The van der Waals surface area contributed by atoms with E-state index in [0.29, 0.717) is 0 Å². The van der Waals surface area contributed by atoms with Gasteiger partial charge in [0.25, 0.3) is 0 Å². The molecule has 0 fully saturated rings. The highest BCUT2D eigenvalue weighted by molar-refractivity contribution is 6.10. The van der Waals surface area contributed by atoms with Crippen molar-refractivity contribution < 1.29 is 0 Å². The summed E-state index contributed by atoms with van der Waals surface area (Å²) in [6.07, 6.45) is 12.9. The molecule has 0 saturated carbocycles. The van der Waals surface area contributed by atoms with Gasteiger partial charge in [0, 0.05) is 12.6 Å². The first-order valence-electron chi connectivity index (χ1n) is 4.94. The molecule has 2 aliphatic heterocycles. The Kier molecular flexibility index (Phi) is 1.51. The molecule has 0 radical (unpaired) electrons. The summed E-state index contributed by atoms with van der Waals surface area (Å²) < 4.78 is 0. The molecule has 70 valence electrons. The fraction of sp³-hybridized carbons (Fsp3) is 0.250. The molecule has 0 spiro atoms. The molecular weight excluding hydrogens is 172 g/mol. The summed E-state index contributed by atoms with van der Waals surface area (Å²) in [5.41, 5.74) is 3.56. The van der Waals surface area contributed by atoms with E-state index in [-0.39, 0.29) is 6.17 Å². The standard InChI is InChI=1S/C12H12N2/c1-9-6-7-14-11-5-3-2-4-10(11)13-12(14)8-9/h2,4-7,12H,1,3,8H2. The van der Waals surface area contributed by atoms with Gasteiger partial charge in [0.2, 0.25) is 0 Å². The van der Waals surface area contributed by atoms with Crippen molar-refractivity contribution in [3.8, 4) is 0 Å². The van der Waals surface area contributed by atoms with Crippen molar-refractivity contribution in [3.05, 3.63) is 48.4 Å². The maximum absolute atomic E-state index is 4.66. The Morgan fingerprint density at radius 3 is 3.29 bits per heavy atom. The van der Waals surface area contributed by atoms with E-state index in [9.17, 15) is 0 Å². The zero-order chi connectivity index (χ0) is 9.54. The molecule has 0 aromatic rings. The number of hydrogen-bond acceptors (Lipinski definition) is 2. The van der Waals surface area contributed by atoms with Crippen LogP contribution in [0.4, 0.5) is 0 Å². The average Bonchev–Trinajstić information content (AvgIpc) is 2.54. The monoisotopic (exact) mass is 184 g/mol. The highest BCUT2D eigenvalue weighted by Gasteiger charge is 2.30. The number of hydrogen-bond donors (Lipinski definition) is 0. The van der Waals surface area contributed by atoms with E-state index in [1.165, 1.54) is 11.3 Å². The molecule has 3 aliphatic rings. The fourth-order valence-corrected chi connectivity index (χ4v) is 2.09. The molecule has 2 nitrogen and oxygen atoms in total. The predicted molar refractivity (Wildman–Crippen MR) is 57.8 cm³/mol. The maximum Gasteiger partial charge on any atom is 0.129 e. The molecule has 0 N–H and O–H groups in total. The molecule has 1 aliphatic carbocycles. The number of rotatable bonds is 0. The predicted octanol–water partition coefficient (Wildman–Crippen LogP) is 2.39. The van der Waals surface area contributed by atoms with E-state index >= 15 is 0 Å². The number of fused-ring (bicyclic) bond motifs is 3. The minimum Gasteiger partial charge on any atom is -0.323 e. The van der Waals surface area contributed by atoms with E-state index in [1.807, 2.05) is 0 Å². The van der Waals surface area contributed by atoms with Crippen LogP contribution in [-0.2, 0) is 0 Å². The van der Waals surface area contributed by atoms with Crippen molar-refractivity contribution in [3.63, 3.8) is 0 Å². The van der Waals surface area contributed by atoms with E-state index in [2.05, 4.69) is 47.0 Å². The molecule has 2 heteroatoms. The topological polar surface area (TPSA) is 15.6 Å². The summed E-state index contributed by atoms with van der Waals surface area (Å²) in [7, 11) is 0. The molecule has 0 aromatic carbocycles. The van der Waals surface area contributed by atoms with Gasteiger partial charge in [-0.2, -0.15) is 0 Å². The van der Waals surface area contributed by atoms with Gasteiger partial charge < -0.3 is 4.90 Å². The molecular formula is C12H12N2. The van der Waals surface area contributed by atoms with Crippen LogP contribution in [0.1, 0.15) is 12.8 Å². The summed E-state index contributed by atoms with van der Waals surface area (Å²) in [4.78, 5) is 6.90. The minimum absolute atomic E-state index is 0.261. The molecule has 3 rings (SSSR count). The molecule has 2 heterocycles. The molecule has 0 saturated heterocycles. The highest BCUT2D eigenvalue weighted by Crippen LogP contribution is 2.31. The second-order valence-corrected chi connectivity index (χ2v) is 3.81. The smallest absolute Gasteiger partial charge is 0.129 e. The molecule has 0 aromatic heterocycles. The average molecular weight is 184 g/mol. The first kappa shape index (κ1) is 7.80. The van der Waals surface area contributed by atoms with E-state index in [4.69, 9.17) is 0 Å². The van der Waals surface area contributed by atoms with Gasteiger partial charge in [0.1, 0.15) is 6.17 Å². The van der Waals surface area contributed by atoms with Crippen LogP contribution in [0.25, 0.3) is 0 Å². The summed E-state index contributed by atoms with van der Waals surface area (Å²) in [6.45, 7) is 3.97. The van der Waals surface area contributed by atoms with Gasteiger partial charge in [0.05, 0.1) is 11.4 Å². The van der Waals surface area contributed by atoms with Crippen LogP contribution in [-0.4, -0.2) is 16.8 Å². The quantitative estimate of drug-likeness (QED) is 0.564.